The molecule has 0 radical (unpaired) electrons. The maximum Gasteiger partial charge on any atom is 0.306 e. The van der Waals surface area contributed by atoms with E-state index in [1.807, 2.05) is 6.08 Å². The summed E-state index contributed by atoms with van der Waals surface area (Å²) < 4.78 is 16.7. The van der Waals surface area contributed by atoms with Crippen LogP contribution in [-0.4, -0.2) is 37.2 Å². The van der Waals surface area contributed by atoms with Crippen LogP contribution in [0.4, 0.5) is 0 Å². The third kappa shape index (κ3) is 47.2. The van der Waals surface area contributed by atoms with E-state index in [2.05, 4.69) is 112 Å². The molecule has 0 saturated heterocycles. The van der Waals surface area contributed by atoms with Crippen LogP contribution in [0.3, 0.4) is 0 Å². The summed E-state index contributed by atoms with van der Waals surface area (Å²) in [4.78, 5) is 37.9. The Balaban J connectivity index is 4.51. The molecule has 0 aromatic heterocycles. The number of allylic oxidation sites excluding steroid dienone is 16. The van der Waals surface area contributed by atoms with Crippen molar-refractivity contribution in [1.82, 2.24) is 0 Å². The Hall–Kier alpha value is -3.67. The molecule has 0 aliphatic carbocycles. The van der Waals surface area contributed by atoms with Crippen LogP contribution in [0.15, 0.2) is 97.2 Å². The minimum atomic E-state index is -0.817. The van der Waals surface area contributed by atoms with Crippen LogP contribution in [0, 0.1) is 0 Å². The second-order valence-corrected chi connectivity index (χ2v) is 16.0. The van der Waals surface area contributed by atoms with Gasteiger partial charge >= 0.3 is 17.9 Å². The number of carbonyl (C=O) groups excluding carboxylic acids is 3. The summed E-state index contributed by atoms with van der Waals surface area (Å²) in [7, 11) is 0. The molecule has 0 aliphatic rings. The molecule has 0 aromatic carbocycles. The molecule has 0 amide bonds. The van der Waals surface area contributed by atoms with Crippen molar-refractivity contribution in [2.75, 3.05) is 13.2 Å². The van der Waals surface area contributed by atoms with Gasteiger partial charge in [0.2, 0.25) is 0 Å². The molecule has 1 atom stereocenters. The largest absolute Gasteiger partial charge is 0.462 e. The number of hydrogen-bond acceptors (Lipinski definition) is 6. The zero-order valence-electron chi connectivity index (χ0n) is 39.4. The van der Waals surface area contributed by atoms with Gasteiger partial charge in [-0.05, 0) is 103 Å². The van der Waals surface area contributed by atoms with E-state index in [1.54, 1.807) is 0 Å². The van der Waals surface area contributed by atoms with Crippen molar-refractivity contribution in [1.29, 1.82) is 0 Å². The average molecular weight is 847 g/mol. The molecule has 0 aliphatic heterocycles. The highest BCUT2D eigenvalue weighted by molar-refractivity contribution is 5.71. The third-order valence-corrected chi connectivity index (χ3v) is 10.1. The molecular formula is C55H90O6. The summed E-state index contributed by atoms with van der Waals surface area (Å²) in [6.45, 7) is 6.30. The summed E-state index contributed by atoms with van der Waals surface area (Å²) in [5.41, 5.74) is 0. The fourth-order valence-electron chi connectivity index (χ4n) is 6.40. The van der Waals surface area contributed by atoms with Crippen molar-refractivity contribution in [3.63, 3.8) is 0 Å². The lowest BCUT2D eigenvalue weighted by Gasteiger charge is -2.18. The minimum Gasteiger partial charge on any atom is -0.462 e. The lowest BCUT2D eigenvalue weighted by atomic mass is 10.1. The van der Waals surface area contributed by atoms with Gasteiger partial charge in [-0.25, -0.2) is 0 Å². The van der Waals surface area contributed by atoms with E-state index in [0.717, 1.165) is 116 Å². The van der Waals surface area contributed by atoms with Gasteiger partial charge in [-0.15, -0.1) is 0 Å². The van der Waals surface area contributed by atoms with Crippen LogP contribution in [-0.2, 0) is 28.6 Å². The van der Waals surface area contributed by atoms with Crippen molar-refractivity contribution < 1.29 is 28.6 Å². The molecule has 0 bridgehead atoms. The summed E-state index contributed by atoms with van der Waals surface area (Å²) in [5.74, 6) is -1.02. The number of esters is 3. The monoisotopic (exact) mass is 847 g/mol. The Bertz CT molecular complexity index is 1250. The van der Waals surface area contributed by atoms with Crippen molar-refractivity contribution in [3.8, 4) is 0 Å². The lowest BCUT2D eigenvalue weighted by Crippen LogP contribution is -2.30. The van der Waals surface area contributed by atoms with E-state index >= 15 is 0 Å². The maximum atomic E-state index is 12.8. The molecule has 346 valence electrons. The van der Waals surface area contributed by atoms with Crippen LogP contribution in [0.25, 0.3) is 0 Å². The Morgan fingerprint density at radius 2 is 0.672 bits per heavy atom. The zero-order chi connectivity index (χ0) is 44.4. The topological polar surface area (TPSA) is 78.9 Å². The average Bonchev–Trinajstić information content (AvgIpc) is 3.26. The molecule has 1 unspecified atom stereocenters. The Morgan fingerprint density at radius 3 is 1.10 bits per heavy atom. The minimum absolute atomic E-state index is 0.112. The van der Waals surface area contributed by atoms with E-state index in [0.29, 0.717) is 12.8 Å². The van der Waals surface area contributed by atoms with Crippen LogP contribution < -0.4 is 0 Å². The van der Waals surface area contributed by atoms with E-state index in [4.69, 9.17) is 14.2 Å². The Labute approximate surface area is 375 Å². The first-order valence-electron chi connectivity index (χ1n) is 24.7. The number of carbonyl (C=O) groups is 3. The lowest BCUT2D eigenvalue weighted by molar-refractivity contribution is -0.166. The first kappa shape index (κ1) is 57.3. The quantitative estimate of drug-likeness (QED) is 0.0263. The van der Waals surface area contributed by atoms with Crippen LogP contribution in [0.5, 0.6) is 0 Å². The van der Waals surface area contributed by atoms with E-state index in [1.165, 1.54) is 51.4 Å². The summed E-state index contributed by atoms with van der Waals surface area (Å²) in [6, 6.07) is 0. The molecule has 61 heavy (non-hydrogen) atoms. The van der Waals surface area contributed by atoms with Gasteiger partial charge in [-0.3, -0.25) is 14.4 Å². The van der Waals surface area contributed by atoms with E-state index in [-0.39, 0.29) is 44.0 Å². The summed E-state index contributed by atoms with van der Waals surface area (Å²) >= 11 is 0. The van der Waals surface area contributed by atoms with Gasteiger partial charge in [0, 0.05) is 19.3 Å². The van der Waals surface area contributed by atoms with Crippen molar-refractivity contribution in [3.05, 3.63) is 97.2 Å². The fraction of sp³-hybridized carbons (Fsp3) is 0.655. The highest BCUT2D eigenvalue weighted by Crippen LogP contribution is 2.12. The second-order valence-electron chi connectivity index (χ2n) is 16.0. The van der Waals surface area contributed by atoms with Gasteiger partial charge in [-0.2, -0.15) is 0 Å². The van der Waals surface area contributed by atoms with Gasteiger partial charge in [-0.1, -0.05) is 189 Å². The van der Waals surface area contributed by atoms with Gasteiger partial charge in [0.15, 0.2) is 6.10 Å². The first-order chi connectivity index (χ1) is 30.0. The standard InChI is InChI=1S/C55H90O6/c1-4-7-10-13-16-19-22-25-27-28-31-33-36-39-42-45-48-54(57)60-51-52(50-59-53(56)47-44-41-38-35-32-29-24-21-18-15-12-9-6-3)61-55(58)49-46-43-40-37-34-30-26-23-20-17-14-11-8-5-2/h7-8,10-11,16-17,19-20,25-27,29-30,32,38,41,52H,4-6,9,12-15,18,21-24,28,31,33-37,39-40,42-51H2,1-3H3/b10-7-,11-8-,19-16-,20-17-,27-25-,30-26-,32-29-,41-38-. The van der Waals surface area contributed by atoms with Gasteiger partial charge < -0.3 is 14.2 Å². The number of rotatable bonds is 43. The van der Waals surface area contributed by atoms with Crippen LogP contribution in [0.2, 0.25) is 0 Å². The fourth-order valence-corrected chi connectivity index (χ4v) is 6.40. The number of ether oxygens (including phenoxy) is 3. The number of hydrogen-bond donors (Lipinski definition) is 0. The van der Waals surface area contributed by atoms with Gasteiger partial charge in [0.1, 0.15) is 13.2 Å². The number of unbranched alkanes of at least 4 members (excludes halogenated alkanes) is 16. The molecule has 6 nitrogen and oxygen atoms in total. The van der Waals surface area contributed by atoms with Gasteiger partial charge in [0.25, 0.3) is 0 Å². The molecule has 0 heterocycles. The second kappa shape index (κ2) is 49.0. The van der Waals surface area contributed by atoms with Crippen LogP contribution in [0.1, 0.15) is 213 Å². The molecule has 0 spiro atoms. The molecule has 0 rings (SSSR count). The Morgan fingerprint density at radius 1 is 0.344 bits per heavy atom. The molecule has 0 fully saturated rings. The van der Waals surface area contributed by atoms with Crippen molar-refractivity contribution in [2.45, 2.75) is 219 Å². The van der Waals surface area contributed by atoms with E-state index < -0.39 is 6.10 Å². The van der Waals surface area contributed by atoms with Crippen LogP contribution >= 0.6 is 0 Å². The predicted octanol–water partition coefficient (Wildman–Crippen LogP) is 16.2. The van der Waals surface area contributed by atoms with Crippen molar-refractivity contribution >= 4 is 17.9 Å². The smallest absolute Gasteiger partial charge is 0.306 e. The molecule has 0 aromatic rings. The summed E-state index contributed by atoms with van der Waals surface area (Å²) in [5, 5.41) is 0. The zero-order valence-corrected chi connectivity index (χ0v) is 39.4. The Kier molecular flexibility index (Phi) is 46.0. The summed E-state index contributed by atoms with van der Waals surface area (Å²) in [6.07, 6.45) is 64.0. The third-order valence-electron chi connectivity index (χ3n) is 10.1. The van der Waals surface area contributed by atoms with E-state index in [9.17, 15) is 14.4 Å². The predicted molar refractivity (Wildman–Crippen MR) is 260 cm³/mol. The maximum absolute atomic E-state index is 12.8. The SMILES string of the molecule is CC/C=C\C/C=C\C/C=C\CCCCCCCCC(=O)OCC(COC(=O)CC/C=C\C/C=C\CCCCCCCC)OC(=O)CCCCCC/C=C\C/C=C\C/C=C\CC. The van der Waals surface area contributed by atoms with Crippen molar-refractivity contribution in [2.24, 2.45) is 0 Å². The molecular weight excluding hydrogens is 757 g/mol. The molecule has 0 saturated carbocycles. The van der Waals surface area contributed by atoms with Gasteiger partial charge in [0.05, 0.1) is 0 Å². The highest BCUT2D eigenvalue weighted by atomic mass is 16.6. The normalized spacial score (nSPS) is 12.9. The highest BCUT2D eigenvalue weighted by Gasteiger charge is 2.19. The molecule has 0 N–H and O–H groups in total. The molecule has 6 heteroatoms. The first-order valence-corrected chi connectivity index (χ1v) is 24.7.